The molecule has 251 valence electrons. The van der Waals surface area contributed by atoms with Gasteiger partial charge in [-0.2, -0.15) is 12.1 Å². The van der Waals surface area contributed by atoms with Crippen LogP contribution in [0.25, 0.3) is 0 Å². The smallest absolute Gasteiger partial charge is 0.313 e. The molecule has 5 rings (SSSR count). The quantitative estimate of drug-likeness (QED) is 0.0905. The van der Waals surface area contributed by atoms with E-state index < -0.39 is 24.0 Å². The van der Waals surface area contributed by atoms with Crippen molar-refractivity contribution in [3.8, 4) is 0 Å². The molecule has 0 aromatic heterocycles. The first kappa shape index (κ1) is 40.9. The van der Waals surface area contributed by atoms with E-state index in [2.05, 4.69) is 31.8 Å². The molecule has 1 radical (unpaired) electrons. The molecule has 0 N–H and O–H groups in total. The average molecular weight is 795 g/mol. The first-order chi connectivity index (χ1) is 22.2. The molecule has 0 amide bonds. The van der Waals surface area contributed by atoms with E-state index in [1.807, 2.05) is 0 Å². The van der Waals surface area contributed by atoms with E-state index in [4.69, 9.17) is 14.2 Å². The van der Waals surface area contributed by atoms with Gasteiger partial charge in [-0.3, -0.25) is 19.3 Å². The van der Waals surface area contributed by atoms with Crippen LogP contribution in [0.2, 0.25) is 0 Å². The largest absolute Gasteiger partial charge is 0.466 e. The van der Waals surface area contributed by atoms with Gasteiger partial charge in [-0.05, 0) is 65.3 Å². The Morgan fingerprint density at radius 2 is 1.45 bits per heavy atom. The fourth-order valence-corrected chi connectivity index (χ4v) is 4.88. The maximum Gasteiger partial charge on any atom is 0.313 e. The van der Waals surface area contributed by atoms with E-state index in [0.717, 1.165) is 57.1 Å². The fraction of sp³-hybridized carbons (Fsp3) is 0.382. The van der Waals surface area contributed by atoms with Crippen molar-refractivity contribution in [2.24, 2.45) is 0 Å². The molecule has 2 saturated heterocycles. The molecule has 2 fully saturated rings. The number of ether oxygens (including phenoxy) is 3. The van der Waals surface area contributed by atoms with Crippen LogP contribution in [0.5, 0.6) is 0 Å². The summed E-state index contributed by atoms with van der Waals surface area (Å²) in [7, 11) is 0. The van der Waals surface area contributed by atoms with Crippen molar-refractivity contribution in [2.45, 2.75) is 26.4 Å². The third-order valence-corrected chi connectivity index (χ3v) is 7.49. The molecule has 2 heterocycles. The third-order valence-electron chi connectivity index (χ3n) is 6.88. The van der Waals surface area contributed by atoms with Crippen LogP contribution in [0.1, 0.15) is 45.2 Å². The minimum Gasteiger partial charge on any atom is -0.466 e. The topological polar surface area (TPSA) is 85.4 Å². The van der Waals surface area contributed by atoms with Gasteiger partial charge in [0.2, 0.25) is 0 Å². The van der Waals surface area contributed by atoms with Crippen molar-refractivity contribution in [1.82, 2.24) is 9.80 Å². The molecule has 0 unspecified atom stereocenters. The summed E-state index contributed by atoms with van der Waals surface area (Å²) >= 11 is 2.95. The van der Waals surface area contributed by atoms with E-state index in [1.165, 1.54) is 36.4 Å². The van der Waals surface area contributed by atoms with Crippen LogP contribution in [0.3, 0.4) is 0 Å². The molecule has 47 heavy (non-hydrogen) atoms. The number of nitrogens with zero attached hydrogens (tertiary/aromatic N) is 2. The first-order valence-electron chi connectivity index (χ1n) is 14.8. The zero-order valence-electron chi connectivity index (χ0n) is 26.2. The Balaban J connectivity index is 0.000000263. The number of carbonyl (C=O) groups is 3. The number of carbonyl (C=O) groups excluding carboxylic acids is 3. The van der Waals surface area contributed by atoms with Crippen LogP contribution >= 0.6 is 15.9 Å². The van der Waals surface area contributed by atoms with Gasteiger partial charge in [0.15, 0.2) is 5.78 Å². The zero-order valence-corrected chi connectivity index (χ0v) is 30.6. The molecule has 0 saturated carbocycles. The van der Waals surface area contributed by atoms with Gasteiger partial charge in [-0.25, -0.2) is 13.2 Å². The average Bonchev–Trinajstić information content (AvgIpc) is 3.06. The van der Waals surface area contributed by atoms with Gasteiger partial charge < -0.3 is 19.1 Å². The van der Waals surface area contributed by atoms with Crippen molar-refractivity contribution in [2.75, 3.05) is 59.2 Å². The second-order valence-corrected chi connectivity index (χ2v) is 11.2. The molecule has 0 bridgehead atoms. The molecule has 2 aliphatic rings. The van der Waals surface area contributed by atoms with Gasteiger partial charge in [-0.15, -0.1) is 17.7 Å². The molecule has 2 aliphatic heterocycles. The number of rotatable bonds is 9. The normalized spacial score (nSPS) is 14.7. The SMILES string of the molecule is CCOC(=O)CC(=O)c1cc(CN2CCOCC2)ccc1F.Fc1[c-]cc(CN2CCOCC2)cc1.O=Cc1ccc(F)c(Br)c1.[Y]. The number of halogens is 4. The summed E-state index contributed by atoms with van der Waals surface area (Å²) < 4.78 is 54.4. The van der Waals surface area contributed by atoms with E-state index in [9.17, 15) is 27.6 Å². The molecule has 3 aromatic rings. The third kappa shape index (κ3) is 15.2. The number of benzene rings is 3. The van der Waals surface area contributed by atoms with E-state index in [-0.39, 0.29) is 56.5 Å². The number of aldehydes is 1. The Kier molecular flexibility index (Phi) is 19.4. The van der Waals surface area contributed by atoms with E-state index >= 15 is 0 Å². The van der Waals surface area contributed by atoms with Crippen LogP contribution in [0.4, 0.5) is 13.2 Å². The minimum atomic E-state index is -0.634. The molecular formula is C34H37BrF3N2O6Y-. The molecule has 8 nitrogen and oxygen atoms in total. The van der Waals surface area contributed by atoms with Crippen molar-refractivity contribution < 1.29 is 74.5 Å². The predicted octanol–water partition coefficient (Wildman–Crippen LogP) is 5.65. The monoisotopic (exact) mass is 794 g/mol. The maximum absolute atomic E-state index is 13.8. The Morgan fingerprint density at radius 1 is 0.872 bits per heavy atom. The fourth-order valence-electron chi connectivity index (χ4n) is 4.48. The number of hydrogen-bond donors (Lipinski definition) is 0. The summed E-state index contributed by atoms with van der Waals surface area (Å²) in [5, 5.41) is 0. The Bertz CT molecular complexity index is 1420. The van der Waals surface area contributed by atoms with E-state index in [0.29, 0.717) is 36.1 Å². The van der Waals surface area contributed by atoms with Crippen LogP contribution in [-0.4, -0.2) is 87.1 Å². The Hall–Kier alpha value is -2.32. The number of Topliss-reactive ketones (excluding diaryl/α,β-unsaturated/α-hetero) is 1. The molecule has 0 spiro atoms. The summed E-state index contributed by atoms with van der Waals surface area (Å²) in [6.45, 7) is 9.82. The van der Waals surface area contributed by atoms with Gasteiger partial charge in [0.25, 0.3) is 0 Å². The first-order valence-corrected chi connectivity index (χ1v) is 15.6. The molecular weight excluding hydrogens is 758 g/mol. The molecule has 0 atom stereocenters. The summed E-state index contributed by atoms with van der Waals surface area (Å²) in [4.78, 5) is 38.0. The summed E-state index contributed by atoms with van der Waals surface area (Å²) in [5.41, 5.74) is 2.36. The van der Waals surface area contributed by atoms with E-state index in [1.54, 1.807) is 25.1 Å². The van der Waals surface area contributed by atoms with Gasteiger partial charge in [0.05, 0.1) is 43.1 Å². The molecule has 13 heteroatoms. The van der Waals surface area contributed by atoms with Gasteiger partial charge in [0.1, 0.15) is 24.3 Å². The number of esters is 1. The van der Waals surface area contributed by atoms with Crippen LogP contribution in [-0.2, 0) is 64.8 Å². The van der Waals surface area contributed by atoms with Crippen molar-refractivity contribution in [3.05, 3.63) is 105 Å². The second kappa shape index (κ2) is 22.3. The van der Waals surface area contributed by atoms with Gasteiger partial charge in [0, 0.05) is 76.8 Å². The Morgan fingerprint density at radius 3 is 1.98 bits per heavy atom. The second-order valence-electron chi connectivity index (χ2n) is 10.3. The molecule has 0 aliphatic carbocycles. The summed E-state index contributed by atoms with van der Waals surface area (Å²) in [6, 6.07) is 16.1. The zero-order chi connectivity index (χ0) is 33.3. The maximum atomic E-state index is 13.8. The van der Waals surface area contributed by atoms with Gasteiger partial charge in [-0.1, -0.05) is 6.07 Å². The van der Waals surface area contributed by atoms with Crippen molar-refractivity contribution in [1.29, 1.82) is 0 Å². The van der Waals surface area contributed by atoms with Crippen molar-refractivity contribution >= 4 is 34.0 Å². The number of ketones is 1. The number of morpholine rings is 2. The summed E-state index contributed by atoms with van der Waals surface area (Å²) in [5.74, 6) is -2.45. The predicted molar refractivity (Wildman–Crippen MR) is 169 cm³/mol. The summed E-state index contributed by atoms with van der Waals surface area (Å²) in [6.07, 6.45) is 0.232. The van der Waals surface area contributed by atoms with Gasteiger partial charge >= 0.3 is 5.97 Å². The van der Waals surface area contributed by atoms with Crippen LogP contribution in [0.15, 0.2) is 59.1 Å². The Labute approximate surface area is 306 Å². The van der Waals surface area contributed by atoms with Crippen LogP contribution in [0, 0.1) is 23.5 Å². The standard InChI is InChI=1S/C16H20FNO4.C11H13FNO.C7H4BrFO.Y/c1-2-22-16(20)10-15(19)13-9-12(3-4-14(13)17)11-18-5-7-21-8-6-18;12-11-3-1-10(2-4-11)9-13-5-7-14-8-6-13;8-6-3-5(4-10)1-2-7(6)9;/h3-4,9H,2,5-8,10-11H2,1H3;1-3H,5-9H2;1-4H;/q;-1;;. The number of hydrogen-bond acceptors (Lipinski definition) is 8. The van der Waals surface area contributed by atoms with Crippen molar-refractivity contribution in [3.63, 3.8) is 0 Å². The molecule has 3 aromatic carbocycles. The van der Waals surface area contributed by atoms with Crippen LogP contribution < -0.4 is 0 Å². The minimum absolute atomic E-state index is 0.